The maximum absolute atomic E-state index is 13.1. The topological polar surface area (TPSA) is 72.4 Å². The molecule has 0 radical (unpaired) electrons. The van der Waals surface area contributed by atoms with Gasteiger partial charge < -0.3 is 5.11 Å². The number of rotatable bonds is 5. The Kier molecular flexibility index (Phi) is 5.47. The third kappa shape index (κ3) is 4.63. The van der Waals surface area contributed by atoms with Crippen molar-refractivity contribution in [2.45, 2.75) is 31.7 Å². The highest BCUT2D eigenvalue weighted by Gasteiger charge is 2.35. The molecule has 0 aliphatic rings. The SMILES string of the molecule is [C-]#[N+]c1ccc(CC(=O)[C@@](C)(O)Cn2nc3ccc(Br)cc3n2)cc1C(F)(F)F. The number of alkyl halides is 3. The average molecular weight is 467 g/mol. The number of ketones is 1. The minimum atomic E-state index is -4.71. The number of carbonyl (C=O) groups excluding carboxylic acids is 1. The Morgan fingerprint density at radius 2 is 1.90 bits per heavy atom. The van der Waals surface area contributed by atoms with Gasteiger partial charge >= 0.3 is 6.18 Å². The second-order valence-electron chi connectivity index (χ2n) is 6.70. The summed E-state index contributed by atoms with van der Waals surface area (Å²) < 4.78 is 40.1. The molecule has 2 aromatic carbocycles. The predicted molar refractivity (Wildman–Crippen MR) is 102 cm³/mol. The molecule has 6 nitrogen and oxygen atoms in total. The molecule has 3 rings (SSSR count). The standard InChI is InChI=1S/C19H14BrF3N4O2/c1-18(29,10-27-25-15-6-4-12(20)9-16(15)26-27)17(28)8-11-3-5-14(24-2)13(7-11)19(21,22)23/h3-7,9,29H,8,10H2,1H3/t18-/m0/s1. The molecular formula is C19H14BrF3N4O2. The Hall–Kier alpha value is -2.77. The van der Waals surface area contributed by atoms with Crippen LogP contribution in [0.3, 0.4) is 0 Å². The van der Waals surface area contributed by atoms with Crippen LogP contribution in [0.25, 0.3) is 15.9 Å². The first-order valence-electron chi connectivity index (χ1n) is 8.33. The van der Waals surface area contributed by atoms with E-state index in [-0.39, 0.29) is 12.1 Å². The van der Waals surface area contributed by atoms with Crippen molar-refractivity contribution in [1.82, 2.24) is 15.0 Å². The van der Waals surface area contributed by atoms with Crippen LogP contribution in [0.5, 0.6) is 0 Å². The minimum Gasteiger partial charge on any atom is -0.380 e. The summed E-state index contributed by atoms with van der Waals surface area (Å²) in [6, 6.07) is 8.28. The van der Waals surface area contributed by atoms with Crippen molar-refractivity contribution in [1.29, 1.82) is 0 Å². The van der Waals surface area contributed by atoms with E-state index in [1.54, 1.807) is 18.2 Å². The molecule has 1 heterocycles. The number of halogens is 4. The molecule has 0 amide bonds. The van der Waals surface area contributed by atoms with Gasteiger partial charge in [-0.05, 0) is 30.7 Å². The monoisotopic (exact) mass is 466 g/mol. The van der Waals surface area contributed by atoms with Crippen molar-refractivity contribution in [2.75, 3.05) is 0 Å². The Balaban J connectivity index is 1.81. The molecule has 1 aromatic heterocycles. The highest BCUT2D eigenvalue weighted by atomic mass is 79.9. The molecule has 1 N–H and O–H groups in total. The summed E-state index contributed by atoms with van der Waals surface area (Å²) in [5.41, 5.74) is -2.36. The zero-order valence-corrected chi connectivity index (χ0v) is 16.6. The van der Waals surface area contributed by atoms with Gasteiger partial charge in [0.1, 0.15) is 16.6 Å². The molecule has 0 saturated heterocycles. The fourth-order valence-corrected chi connectivity index (χ4v) is 3.11. The van der Waals surface area contributed by atoms with E-state index in [0.717, 1.165) is 16.6 Å². The number of carbonyl (C=O) groups is 1. The van der Waals surface area contributed by atoms with E-state index in [1.165, 1.54) is 17.8 Å². The molecule has 150 valence electrons. The predicted octanol–water partition coefficient (Wildman–Crippen LogP) is 4.33. The molecular weight excluding hydrogens is 453 g/mol. The average Bonchev–Trinajstić information content (AvgIpc) is 3.01. The van der Waals surface area contributed by atoms with E-state index < -0.39 is 35.2 Å². The van der Waals surface area contributed by atoms with Crippen molar-refractivity contribution in [3.05, 3.63) is 63.4 Å². The van der Waals surface area contributed by atoms with E-state index >= 15 is 0 Å². The lowest BCUT2D eigenvalue weighted by Crippen LogP contribution is -2.41. The lowest BCUT2D eigenvalue weighted by atomic mass is 9.94. The summed E-state index contributed by atoms with van der Waals surface area (Å²) in [5.74, 6) is -0.691. The minimum absolute atomic E-state index is 0.0533. The molecule has 10 heteroatoms. The van der Waals surface area contributed by atoms with Crippen LogP contribution in [-0.2, 0) is 23.9 Å². The summed E-state index contributed by atoms with van der Waals surface area (Å²) in [4.78, 5) is 16.6. The van der Waals surface area contributed by atoms with Crippen LogP contribution < -0.4 is 0 Å². The molecule has 0 unspecified atom stereocenters. The number of hydrogen-bond acceptors (Lipinski definition) is 4. The van der Waals surface area contributed by atoms with Gasteiger partial charge in [-0.15, -0.1) is 0 Å². The smallest absolute Gasteiger partial charge is 0.380 e. The van der Waals surface area contributed by atoms with E-state index in [9.17, 15) is 23.1 Å². The van der Waals surface area contributed by atoms with Gasteiger partial charge in [-0.1, -0.05) is 34.1 Å². The largest absolute Gasteiger partial charge is 0.407 e. The lowest BCUT2D eigenvalue weighted by molar-refractivity contribution is -0.138. The van der Waals surface area contributed by atoms with Gasteiger partial charge in [0.15, 0.2) is 11.5 Å². The second kappa shape index (κ2) is 7.57. The van der Waals surface area contributed by atoms with E-state index in [0.29, 0.717) is 11.0 Å². The number of aliphatic hydroxyl groups is 1. The van der Waals surface area contributed by atoms with Gasteiger partial charge in [-0.2, -0.15) is 28.2 Å². The molecule has 0 spiro atoms. The van der Waals surface area contributed by atoms with Crippen molar-refractivity contribution >= 4 is 38.4 Å². The van der Waals surface area contributed by atoms with Gasteiger partial charge in [0.05, 0.1) is 18.7 Å². The van der Waals surface area contributed by atoms with E-state index in [4.69, 9.17) is 6.57 Å². The first kappa shape index (κ1) is 21.0. The first-order valence-corrected chi connectivity index (χ1v) is 9.12. The molecule has 0 aliphatic carbocycles. The number of Topliss-reactive ketones (excluding diaryl/α,β-unsaturated/α-hetero) is 1. The van der Waals surface area contributed by atoms with Crippen molar-refractivity contribution in [3.8, 4) is 0 Å². The number of fused-ring (bicyclic) bond motifs is 1. The van der Waals surface area contributed by atoms with Crippen LogP contribution in [0, 0.1) is 6.57 Å². The van der Waals surface area contributed by atoms with Crippen LogP contribution in [0.4, 0.5) is 18.9 Å². The van der Waals surface area contributed by atoms with Gasteiger partial charge in [0, 0.05) is 10.9 Å². The van der Waals surface area contributed by atoms with E-state index in [1.807, 2.05) is 0 Å². The number of aromatic nitrogens is 3. The maximum atomic E-state index is 13.1. The number of hydrogen-bond donors (Lipinski definition) is 1. The molecule has 0 bridgehead atoms. The summed E-state index contributed by atoms with van der Waals surface area (Å²) in [6.45, 7) is 7.86. The fraction of sp³-hybridized carbons (Fsp3) is 0.263. The molecule has 0 fully saturated rings. The Morgan fingerprint density at radius 3 is 2.55 bits per heavy atom. The molecule has 1 atom stereocenters. The maximum Gasteiger partial charge on any atom is 0.407 e. The zero-order valence-electron chi connectivity index (χ0n) is 15.0. The third-order valence-electron chi connectivity index (χ3n) is 4.29. The van der Waals surface area contributed by atoms with E-state index in [2.05, 4.69) is 31.0 Å². The van der Waals surface area contributed by atoms with Crippen LogP contribution >= 0.6 is 15.9 Å². The van der Waals surface area contributed by atoms with Crippen LogP contribution in [0.15, 0.2) is 40.9 Å². The van der Waals surface area contributed by atoms with Crippen molar-refractivity contribution in [3.63, 3.8) is 0 Å². The lowest BCUT2D eigenvalue weighted by Gasteiger charge is -2.21. The van der Waals surface area contributed by atoms with Crippen LogP contribution in [0.1, 0.15) is 18.1 Å². The highest BCUT2D eigenvalue weighted by Crippen LogP contribution is 2.37. The molecule has 3 aromatic rings. The van der Waals surface area contributed by atoms with Gasteiger partial charge in [-0.25, -0.2) is 4.85 Å². The quantitative estimate of drug-likeness (QED) is 0.568. The Labute approximate surface area is 171 Å². The van der Waals surface area contributed by atoms with Gasteiger partial charge in [-0.3, -0.25) is 4.79 Å². The summed E-state index contributed by atoms with van der Waals surface area (Å²) in [7, 11) is 0. The molecule has 0 aliphatic heterocycles. The summed E-state index contributed by atoms with van der Waals surface area (Å²) in [5, 5.41) is 19.0. The van der Waals surface area contributed by atoms with Crippen LogP contribution in [0.2, 0.25) is 0 Å². The summed E-state index contributed by atoms with van der Waals surface area (Å²) in [6.07, 6.45) is -5.14. The van der Waals surface area contributed by atoms with Gasteiger partial charge in [0.25, 0.3) is 0 Å². The van der Waals surface area contributed by atoms with Gasteiger partial charge in [0.2, 0.25) is 0 Å². The fourth-order valence-electron chi connectivity index (χ4n) is 2.76. The number of benzene rings is 2. The summed E-state index contributed by atoms with van der Waals surface area (Å²) >= 11 is 3.31. The van der Waals surface area contributed by atoms with Crippen molar-refractivity contribution < 1.29 is 23.1 Å². The molecule has 29 heavy (non-hydrogen) atoms. The zero-order chi connectivity index (χ0) is 21.4. The number of nitrogens with zero attached hydrogens (tertiary/aromatic N) is 4. The Bertz CT molecular complexity index is 1130. The molecule has 0 saturated carbocycles. The normalized spacial score (nSPS) is 13.8. The highest BCUT2D eigenvalue weighted by molar-refractivity contribution is 9.10. The first-order chi connectivity index (χ1) is 13.5. The second-order valence-corrected chi connectivity index (χ2v) is 7.61. The van der Waals surface area contributed by atoms with Crippen molar-refractivity contribution in [2.24, 2.45) is 0 Å². The van der Waals surface area contributed by atoms with Crippen LogP contribution in [-0.4, -0.2) is 31.5 Å². The Morgan fingerprint density at radius 1 is 1.21 bits per heavy atom. The third-order valence-corrected chi connectivity index (χ3v) is 4.78.